The van der Waals surface area contributed by atoms with Crippen LogP contribution in [0.2, 0.25) is 5.02 Å². The van der Waals surface area contributed by atoms with Crippen molar-refractivity contribution in [3.8, 4) is 0 Å². The Balaban J connectivity index is 1.46. The van der Waals surface area contributed by atoms with Crippen LogP contribution >= 0.6 is 11.6 Å². The van der Waals surface area contributed by atoms with E-state index in [1.54, 1.807) is 18.3 Å². The van der Waals surface area contributed by atoms with E-state index in [-0.39, 0.29) is 29.8 Å². The summed E-state index contributed by atoms with van der Waals surface area (Å²) in [6, 6.07) is 7.39. The van der Waals surface area contributed by atoms with Gasteiger partial charge in [0.05, 0.1) is 25.3 Å². The molecule has 1 saturated carbocycles. The Morgan fingerprint density at radius 1 is 1.23 bits per heavy atom. The van der Waals surface area contributed by atoms with Gasteiger partial charge in [-0.05, 0) is 49.4 Å². The largest absolute Gasteiger partial charge is 0.377 e. The summed E-state index contributed by atoms with van der Waals surface area (Å²) in [6.07, 6.45) is 4.06. The molecule has 2 aliphatic rings. The van der Waals surface area contributed by atoms with Crippen LogP contribution in [0, 0.1) is 11.8 Å². The van der Waals surface area contributed by atoms with E-state index in [1.807, 2.05) is 16.8 Å². The van der Waals surface area contributed by atoms with Crippen molar-refractivity contribution in [1.29, 1.82) is 0 Å². The molecule has 0 unspecified atom stereocenters. The van der Waals surface area contributed by atoms with Crippen molar-refractivity contribution in [2.24, 2.45) is 17.6 Å². The van der Waals surface area contributed by atoms with Gasteiger partial charge in [-0.3, -0.25) is 14.3 Å². The molecule has 2 fully saturated rings. The number of nitrogens with zero attached hydrogens (tertiary/aromatic N) is 2. The second-order valence-electron chi connectivity index (χ2n) is 8.17. The van der Waals surface area contributed by atoms with Gasteiger partial charge in [-0.25, -0.2) is 0 Å². The standard InChI is InChI=1S/C21H26ClN5O3/c1-12-8-13(21(29)25-16-10-30-11-16)2-7-18(12)27-9-17(19(23)28)20(26-27)24-15-5-3-14(22)4-6-15/h3-6,9,12-13,16,18H,2,7-8,10-11H2,1H3,(H2,23,28)(H,24,26)(H,25,29)/t12-,13-,18-/m0/s1. The fraction of sp³-hybridized carbons (Fsp3) is 0.476. The molecule has 8 nitrogen and oxygen atoms in total. The minimum atomic E-state index is -0.541. The van der Waals surface area contributed by atoms with Crippen molar-refractivity contribution in [3.63, 3.8) is 0 Å². The number of amides is 2. The molecule has 30 heavy (non-hydrogen) atoms. The van der Waals surface area contributed by atoms with E-state index in [9.17, 15) is 9.59 Å². The van der Waals surface area contributed by atoms with Crippen molar-refractivity contribution < 1.29 is 14.3 Å². The van der Waals surface area contributed by atoms with Crippen molar-refractivity contribution >= 4 is 34.9 Å². The highest BCUT2D eigenvalue weighted by Gasteiger charge is 2.35. The van der Waals surface area contributed by atoms with E-state index in [0.717, 1.165) is 24.9 Å². The number of anilines is 2. The molecule has 4 rings (SSSR count). The Morgan fingerprint density at radius 2 is 1.97 bits per heavy atom. The van der Waals surface area contributed by atoms with Gasteiger partial charge in [0.2, 0.25) is 5.91 Å². The first-order chi connectivity index (χ1) is 14.4. The summed E-state index contributed by atoms with van der Waals surface area (Å²) >= 11 is 5.94. The van der Waals surface area contributed by atoms with E-state index in [2.05, 4.69) is 22.7 Å². The highest BCUT2D eigenvalue weighted by molar-refractivity contribution is 6.30. The van der Waals surface area contributed by atoms with Crippen LogP contribution < -0.4 is 16.4 Å². The summed E-state index contributed by atoms with van der Waals surface area (Å²) in [5.41, 5.74) is 6.68. The lowest BCUT2D eigenvalue weighted by Crippen LogP contribution is -2.51. The smallest absolute Gasteiger partial charge is 0.254 e. The molecular formula is C21H26ClN5O3. The van der Waals surface area contributed by atoms with Crippen LogP contribution in [0.4, 0.5) is 11.5 Å². The molecule has 1 aromatic heterocycles. The molecule has 9 heteroatoms. The van der Waals surface area contributed by atoms with Crippen LogP contribution in [0.3, 0.4) is 0 Å². The molecule has 0 spiro atoms. The van der Waals surface area contributed by atoms with Gasteiger partial charge in [0.25, 0.3) is 5.91 Å². The van der Waals surface area contributed by atoms with Gasteiger partial charge in [-0.1, -0.05) is 18.5 Å². The zero-order valence-electron chi connectivity index (χ0n) is 16.8. The maximum atomic E-state index is 12.5. The third-order valence-electron chi connectivity index (χ3n) is 5.92. The molecule has 1 aliphatic heterocycles. The van der Waals surface area contributed by atoms with Gasteiger partial charge >= 0.3 is 0 Å². The number of hydrogen-bond donors (Lipinski definition) is 3. The van der Waals surface area contributed by atoms with E-state index in [0.29, 0.717) is 29.6 Å². The van der Waals surface area contributed by atoms with Crippen LogP contribution in [0.15, 0.2) is 30.5 Å². The van der Waals surface area contributed by atoms with E-state index in [1.165, 1.54) is 0 Å². The summed E-state index contributed by atoms with van der Waals surface area (Å²) in [7, 11) is 0. The first-order valence-corrected chi connectivity index (χ1v) is 10.6. The van der Waals surface area contributed by atoms with Gasteiger partial charge in [-0.15, -0.1) is 0 Å². The molecular weight excluding hydrogens is 406 g/mol. The quantitative estimate of drug-likeness (QED) is 0.651. The molecule has 1 aliphatic carbocycles. The van der Waals surface area contributed by atoms with Gasteiger partial charge in [-0.2, -0.15) is 5.10 Å². The Bertz CT molecular complexity index is 925. The fourth-order valence-corrected chi connectivity index (χ4v) is 4.28. The van der Waals surface area contributed by atoms with Crippen molar-refractivity contribution in [1.82, 2.24) is 15.1 Å². The average Bonchev–Trinajstić information content (AvgIpc) is 3.10. The minimum Gasteiger partial charge on any atom is -0.377 e. The summed E-state index contributed by atoms with van der Waals surface area (Å²) in [5.74, 6) is 0.214. The summed E-state index contributed by atoms with van der Waals surface area (Å²) in [5, 5.41) is 11.4. The lowest BCUT2D eigenvalue weighted by molar-refractivity contribution is -0.131. The van der Waals surface area contributed by atoms with Crippen molar-refractivity contribution in [2.75, 3.05) is 18.5 Å². The number of primary amides is 1. The van der Waals surface area contributed by atoms with Gasteiger partial charge in [0, 0.05) is 22.8 Å². The number of rotatable bonds is 6. The number of carbonyl (C=O) groups is 2. The zero-order valence-corrected chi connectivity index (χ0v) is 17.6. The second-order valence-corrected chi connectivity index (χ2v) is 8.60. The van der Waals surface area contributed by atoms with Crippen LogP contribution in [-0.4, -0.2) is 40.9 Å². The molecule has 0 radical (unpaired) electrons. The molecule has 2 aromatic rings. The monoisotopic (exact) mass is 431 g/mol. The first kappa shape index (κ1) is 20.7. The maximum absolute atomic E-state index is 12.5. The second kappa shape index (κ2) is 8.65. The number of aromatic nitrogens is 2. The fourth-order valence-electron chi connectivity index (χ4n) is 4.15. The number of nitrogens with two attached hydrogens (primary N) is 1. The highest BCUT2D eigenvalue weighted by Crippen LogP contribution is 2.38. The Labute approximate surface area is 180 Å². The topological polar surface area (TPSA) is 111 Å². The van der Waals surface area contributed by atoms with Crippen LogP contribution in [-0.2, 0) is 9.53 Å². The molecule has 1 aromatic carbocycles. The third kappa shape index (κ3) is 4.44. The first-order valence-electron chi connectivity index (χ1n) is 10.2. The number of benzene rings is 1. The molecule has 2 heterocycles. The van der Waals surface area contributed by atoms with Crippen molar-refractivity contribution in [3.05, 3.63) is 41.0 Å². The number of hydrogen-bond acceptors (Lipinski definition) is 5. The number of carbonyl (C=O) groups excluding carboxylic acids is 2. The molecule has 4 N–H and O–H groups in total. The van der Waals surface area contributed by atoms with Gasteiger partial charge in [0.15, 0.2) is 5.82 Å². The minimum absolute atomic E-state index is 0.00492. The zero-order chi connectivity index (χ0) is 21.3. The number of halogens is 1. The predicted molar refractivity (Wildman–Crippen MR) is 114 cm³/mol. The van der Waals surface area contributed by atoms with E-state index in [4.69, 9.17) is 22.1 Å². The molecule has 0 bridgehead atoms. The average molecular weight is 432 g/mol. The Kier molecular flexibility index (Phi) is 5.97. The highest BCUT2D eigenvalue weighted by atomic mass is 35.5. The van der Waals surface area contributed by atoms with Crippen LogP contribution in [0.5, 0.6) is 0 Å². The van der Waals surface area contributed by atoms with Crippen molar-refractivity contribution in [2.45, 2.75) is 38.3 Å². The normalized spacial score (nSPS) is 24.1. The Morgan fingerprint density at radius 3 is 2.57 bits per heavy atom. The summed E-state index contributed by atoms with van der Waals surface area (Å²) in [6.45, 7) is 3.32. The van der Waals surface area contributed by atoms with Crippen LogP contribution in [0.1, 0.15) is 42.6 Å². The molecule has 160 valence electrons. The Hall–Kier alpha value is -2.58. The van der Waals surface area contributed by atoms with Gasteiger partial charge < -0.3 is 21.1 Å². The number of nitrogens with one attached hydrogen (secondary N) is 2. The molecule has 2 amide bonds. The molecule has 3 atom stereocenters. The molecule has 1 saturated heterocycles. The summed E-state index contributed by atoms with van der Waals surface area (Å²) in [4.78, 5) is 24.5. The predicted octanol–water partition coefficient (Wildman–Crippen LogP) is 2.87. The maximum Gasteiger partial charge on any atom is 0.254 e. The third-order valence-corrected chi connectivity index (χ3v) is 6.18. The van der Waals surface area contributed by atoms with Gasteiger partial charge in [0.1, 0.15) is 5.56 Å². The van der Waals surface area contributed by atoms with E-state index >= 15 is 0 Å². The number of ether oxygens (including phenoxy) is 1. The van der Waals surface area contributed by atoms with E-state index < -0.39 is 5.91 Å². The lowest BCUT2D eigenvalue weighted by Gasteiger charge is -2.35. The lowest BCUT2D eigenvalue weighted by atomic mass is 9.78. The SMILES string of the molecule is C[C@H]1C[C@@H](C(=O)NC2COC2)CC[C@@H]1n1cc(C(N)=O)c(Nc2ccc(Cl)cc2)n1. The van der Waals surface area contributed by atoms with Crippen LogP contribution in [0.25, 0.3) is 0 Å². The summed E-state index contributed by atoms with van der Waals surface area (Å²) < 4.78 is 6.94.